The average Bonchev–Trinajstić information content (AvgIpc) is 2.64. The molecule has 2 aromatic rings. The molecule has 0 atom stereocenters. The van der Waals surface area contributed by atoms with Crippen LogP contribution in [0.5, 0.6) is 11.5 Å². The highest BCUT2D eigenvalue weighted by Crippen LogP contribution is 2.27. The highest BCUT2D eigenvalue weighted by Gasteiger charge is 2.12. The minimum atomic E-state index is -0.593. The molecule has 0 N–H and O–H groups in total. The smallest absolute Gasteiger partial charge is 0.331 e. The lowest BCUT2D eigenvalue weighted by Gasteiger charge is -2.09. The molecule has 0 aliphatic heterocycles. The van der Waals surface area contributed by atoms with E-state index in [2.05, 4.69) is 15.9 Å². The second-order valence-electron chi connectivity index (χ2n) is 4.96. The summed E-state index contributed by atoms with van der Waals surface area (Å²) in [5.74, 6) is 0.0362. The Morgan fingerprint density at radius 3 is 2.44 bits per heavy atom. The van der Waals surface area contributed by atoms with E-state index in [4.69, 9.17) is 14.2 Å². The van der Waals surface area contributed by atoms with Crippen LogP contribution in [-0.2, 0) is 9.53 Å². The maximum absolute atomic E-state index is 12.1. The lowest BCUT2D eigenvalue weighted by Crippen LogP contribution is -2.12. The number of halogens is 1. The van der Waals surface area contributed by atoms with Crippen LogP contribution in [0.2, 0.25) is 0 Å². The summed E-state index contributed by atoms with van der Waals surface area (Å²) < 4.78 is 16.1. The van der Waals surface area contributed by atoms with Crippen molar-refractivity contribution in [3.05, 3.63) is 64.1 Å². The number of rotatable bonds is 7. The third-order valence-electron chi connectivity index (χ3n) is 3.36. The van der Waals surface area contributed by atoms with Crippen molar-refractivity contribution in [2.24, 2.45) is 0 Å². The van der Waals surface area contributed by atoms with Crippen LogP contribution in [0, 0.1) is 0 Å². The monoisotopic (exact) mass is 404 g/mol. The van der Waals surface area contributed by atoms with Gasteiger partial charge in [0, 0.05) is 16.1 Å². The average molecular weight is 405 g/mol. The highest BCUT2D eigenvalue weighted by molar-refractivity contribution is 9.10. The van der Waals surface area contributed by atoms with Crippen LogP contribution < -0.4 is 9.47 Å². The molecule has 25 heavy (non-hydrogen) atoms. The van der Waals surface area contributed by atoms with Crippen LogP contribution in [0.4, 0.5) is 0 Å². The van der Waals surface area contributed by atoms with Crippen molar-refractivity contribution >= 4 is 33.8 Å². The van der Waals surface area contributed by atoms with Gasteiger partial charge in [-0.1, -0.05) is 34.1 Å². The molecule has 0 aliphatic carbocycles. The predicted molar refractivity (Wildman–Crippen MR) is 98.0 cm³/mol. The quantitative estimate of drug-likeness (QED) is 0.397. The summed E-state index contributed by atoms with van der Waals surface area (Å²) >= 11 is 3.38. The first-order valence-electron chi connectivity index (χ1n) is 7.39. The van der Waals surface area contributed by atoms with Gasteiger partial charge >= 0.3 is 5.97 Å². The standard InChI is InChI=1S/C19H17BrO5/c1-23-17-9-7-14(11-18(17)24-2)16(21)12-25-19(22)10-8-13-5-3-4-6-15(13)20/h3-11H,12H2,1-2H3/b10-8+. The fourth-order valence-electron chi connectivity index (χ4n) is 2.05. The van der Waals surface area contributed by atoms with Gasteiger partial charge in [-0.05, 0) is 35.9 Å². The minimum absolute atomic E-state index is 0.330. The Morgan fingerprint density at radius 2 is 1.76 bits per heavy atom. The summed E-state index contributed by atoms with van der Waals surface area (Å²) in [5.41, 5.74) is 1.21. The number of carbonyl (C=O) groups is 2. The fourth-order valence-corrected chi connectivity index (χ4v) is 2.46. The fraction of sp³-hybridized carbons (Fsp3) is 0.158. The Labute approximate surface area is 154 Å². The van der Waals surface area contributed by atoms with Crippen molar-refractivity contribution in [3.63, 3.8) is 0 Å². The van der Waals surface area contributed by atoms with E-state index in [0.717, 1.165) is 10.0 Å². The number of benzene rings is 2. The number of methoxy groups -OCH3 is 2. The highest BCUT2D eigenvalue weighted by atomic mass is 79.9. The molecular formula is C19H17BrO5. The zero-order chi connectivity index (χ0) is 18.2. The third-order valence-corrected chi connectivity index (χ3v) is 4.08. The number of carbonyl (C=O) groups excluding carboxylic acids is 2. The zero-order valence-corrected chi connectivity index (χ0v) is 15.4. The van der Waals surface area contributed by atoms with Crippen molar-refractivity contribution < 1.29 is 23.8 Å². The van der Waals surface area contributed by atoms with Crippen molar-refractivity contribution in [1.82, 2.24) is 0 Å². The largest absolute Gasteiger partial charge is 0.493 e. The molecule has 2 rings (SSSR count). The predicted octanol–water partition coefficient (Wildman–Crippen LogP) is 3.91. The van der Waals surface area contributed by atoms with Crippen LogP contribution in [-0.4, -0.2) is 32.6 Å². The third kappa shape index (κ3) is 5.19. The number of esters is 1. The van der Waals surface area contributed by atoms with E-state index in [9.17, 15) is 9.59 Å². The topological polar surface area (TPSA) is 61.8 Å². The first-order valence-corrected chi connectivity index (χ1v) is 8.19. The van der Waals surface area contributed by atoms with Gasteiger partial charge in [0.15, 0.2) is 23.9 Å². The number of hydrogen-bond acceptors (Lipinski definition) is 5. The Morgan fingerprint density at radius 1 is 1.04 bits per heavy atom. The number of hydrogen-bond donors (Lipinski definition) is 0. The Kier molecular flexibility index (Phi) is 6.77. The summed E-state index contributed by atoms with van der Waals surface area (Å²) in [7, 11) is 3.00. The molecule has 0 amide bonds. The number of Topliss-reactive ketones (excluding diaryl/α,β-unsaturated/α-hetero) is 1. The van der Waals surface area contributed by atoms with Gasteiger partial charge in [-0.3, -0.25) is 4.79 Å². The van der Waals surface area contributed by atoms with Crippen LogP contribution >= 0.6 is 15.9 Å². The first-order chi connectivity index (χ1) is 12.0. The van der Waals surface area contributed by atoms with Gasteiger partial charge in [-0.25, -0.2) is 4.79 Å². The molecule has 0 saturated heterocycles. The van der Waals surface area contributed by atoms with E-state index >= 15 is 0 Å². The Balaban J connectivity index is 1.95. The van der Waals surface area contributed by atoms with Gasteiger partial charge in [-0.15, -0.1) is 0 Å². The Bertz CT molecular complexity index is 798. The van der Waals surface area contributed by atoms with Crippen LogP contribution in [0.15, 0.2) is 53.0 Å². The first kappa shape index (κ1) is 18.7. The second-order valence-corrected chi connectivity index (χ2v) is 5.81. The van der Waals surface area contributed by atoms with Crippen LogP contribution in [0.25, 0.3) is 6.08 Å². The maximum atomic E-state index is 12.1. The van der Waals surface area contributed by atoms with Gasteiger partial charge < -0.3 is 14.2 Å². The molecule has 130 valence electrons. The SMILES string of the molecule is COc1ccc(C(=O)COC(=O)/C=C/c2ccccc2Br)cc1OC. The van der Waals surface area contributed by atoms with E-state index in [1.165, 1.54) is 20.3 Å². The van der Waals surface area contributed by atoms with E-state index in [0.29, 0.717) is 17.1 Å². The van der Waals surface area contributed by atoms with Crippen molar-refractivity contribution in [2.45, 2.75) is 0 Å². The van der Waals surface area contributed by atoms with Crippen LogP contribution in [0.1, 0.15) is 15.9 Å². The normalized spacial score (nSPS) is 10.5. The molecule has 0 bridgehead atoms. The van der Waals surface area contributed by atoms with E-state index in [1.807, 2.05) is 24.3 Å². The molecule has 5 nitrogen and oxygen atoms in total. The van der Waals surface area contributed by atoms with Crippen molar-refractivity contribution in [2.75, 3.05) is 20.8 Å². The van der Waals surface area contributed by atoms with Crippen LogP contribution in [0.3, 0.4) is 0 Å². The summed E-state index contributed by atoms with van der Waals surface area (Å²) in [6.45, 7) is -0.353. The molecule has 0 aromatic heterocycles. The summed E-state index contributed by atoms with van der Waals surface area (Å²) in [4.78, 5) is 23.9. The molecule has 0 spiro atoms. The van der Waals surface area contributed by atoms with E-state index in [-0.39, 0.29) is 12.4 Å². The molecule has 0 heterocycles. The summed E-state index contributed by atoms with van der Waals surface area (Å²) in [6, 6.07) is 12.2. The zero-order valence-electron chi connectivity index (χ0n) is 13.8. The molecule has 0 fully saturated rings. The molecule has 0 saturated carbocycles. The van der Waals surface area contributed by atoms with Gasteiger partial charge in [0.25, 0.3) is 0 Å². The molecule has 0 unspecified atom stereocenters. The summed E-state index contributed by atoms with van der Waals surface area (Å²) in [5, 5.41) is 0. The van der Waals surface area contributed by atoms with Gasteiger partial charge in [-0.2, -0.15) is 0 Å². The minimum Gasteiger partial charge on any atom is -0.493 e. The van der Waals surface area contributed by atoms with Crippen molar-refractivity contribution in [1.29, 1.82) is 0 Å². The van der Waals surface area contributed by atoms with Gasteiger partial charge in [0.05, 0.1) is 14.2 Å². The lowest BCUT2D eigenvalue weighted by atomic mass is 10.1. The molecule has 2 aromatic carbocycles. The van der Waals surface area contributed by atoms with Crippen molar-refractivity contribution in [3.8, 4) is 11.5 Å². The lowest BCUT2D eigenvalue weighted by molar-refractivity contribution is -0.136. The Hall–Kier alpha value is -2.60. The maximum Gasteiger partial charge on any atom is 0.331 e. The molecule has 6 heteroatoms. The number of ether oxygens (including phenoxy) is 3. The summed E-state index contributed by atoms with van der Waals surface area (Å²) in [6.07, 6.45) is 2.90. The number of ketones is 1. The van der Waals surface area contributed by atoms with E-state index in [1.54, 1.807) is 24.3 Å². The van der Waals surface area contributed by atoms with E-state index < -0.39 is 5.97 Å². The van der Waals surface area contributed by atoms with Gasteiger partial charge in [0.1, 0.15) is 0 Å². The second kappa shape index (κ2) is 9.03. The molecule has 0 aliphatic rings. The van der Waals surface area contributed by atoms with Gasteiger partial charge in [0.2, 0.25) is 0 Å². The molecular weight excluding hydrogens is 388 g/mol. The molecule has 0 radical (unpaired) electrons.